The zero-order chi connectivity index (χ0) is 28.3. The largest absolute Gasteiger partial charge is 0.444 e. The van der Waals surface area contributed by atoms with Crippen LogP contribution in [-0.4, -0.2) is 52.1 Å². The van der Waals surface area contributed by atoms with Gasteiger partial charge in [0.25, 0.3) is 6.01 Å². The number of carbonyl (C=O) groups is 2. The highest BCUT2D eigenvalue weighted by molar-refractivity contribution is 5.93. The Morgan fingerprint density at radius 1 is 1.11 bits per heavy atom. The summed E-state index contributed by atoms with van der Waals surface area (Å²) in [7, 11) is 1.73. The lowest BCUT2D eigenvalue weighted by Gasteiger charge is -2.33. The number of benzene rings is 1. The average molecular weight is 524 g/mol. The first-order chi connectivity index (χ1) is 17.7. The third-order valence-corrected chi connectivity index (χ3v) is 5.88. The summed E-state index contributed by atoms with van der Waals surface area (Å²) in [6.45, 7) is 13.2. The number of fused-ring (bicyclic) bond motifs is 1. The number of pyridine rings is 1. The van der Waals surface area contributed by atoms with Gasteiger partial charge in [0.2, 0.25) is 5.91 Å². The van der Waals surface area contributed by atoms with Crippen molar-refractivity contribution >= 4 is 34.6 Å². The first kappa shape index (κ1) is 28.6. The van der Waals surface area contributed by atoms with E-state index in [2.05, 4.69) is 20.6 Å². The van der Waals surface area contributed by atoms with E-state index in [1.807, 2.05) is 39.0 Å². The summed E-state index contributed by atoms with van der Waals surface area (Å²) in [4.78, 5) is 49.0. The lowest BCUT2D eigenvalue weighted by atomic mass is 9.86. The Morgan fingerprint density at radius 2 is 1.82 bits per heavy atom. The summed E-state index contributed by atoms with van der Waals surface area (Å²) in [6.07, 6.45) is 1.71. The molecule has 2 heterocycles. The van der Waals surface area contributed by atoms with Crippen molar-refractivity contribution in [2.24, 2.45) is 5.41 Å². The number of likely N-dealkylation sites (N-methyl/N-ethyl adjacent to an activating group) is 1. The van der Waals surface area contributed by atoms with Gasteiger partial charge in [0.1, 0.15) is 11.6 Å². The summed E-state index contributed by atoms with van der Waals surface area (Å²) < 4.78 is 10.8. The van der Waals surface area contributed by atoms with E-state index in [4.69, 9.17) is 9.15 Å². The molecular weight excluding hydrogens is 486 g/mol. The highest BCUT2D eigenvalue weighted by Crippen LogP contribution is 2.27. The van der Waals surface area contributed by atoms with Crippen LogP contribution in [-0.2, 0) is 16.0 Å². The standard InChI is InChI=1S/C28H37N5O5/c1-17-19(31-26(36)38-28(5,6)7)12-13-20-21(17)24(35)37-25(30-20)32-22(27(2,3)4)23(34)33(8)16-14-18-11-9-10-15-29-18/h9-13,15,22H,14,16H2,1-8H3,(H,30,32)(H,31,36). The lowest BCUT2D eigenvalue weighted by molar-refractivity contribution is -0.132. The highest BCUT2D eigenvalue weighted by Gasteiger charge is 2.34. The third-order valence-electron chi connectivity index (χ3n) is 5.88. The summed E-state index contributed by atoms with van der Waals surface area (Å²) in [6, 6.07) is 8.18. The molecule has 0 bridgehead atoms. The van der Waals surface area contributed by atoms with Crippen molar-refractivity contribution in [3.8, 4) is 0 Å². The molecule has 1 aromatic carbocycles. The van der Waals surface area contributed by atoms with Gasteiger partial charge in [0, 0.05) is 37.6 Å². The summed E-state index contributed by atoms with van der Waals surface area (Å²) in [5, 5.41) is 5.94. The number of aromatic nitrogens is 2. The molecule has 3 rings (SSSR count). The van der Waals surface area contributed by atoms with Gasteiger partial charge in [-0.2, -0.15) is 4.98 Å². The Bertz CT molecular complexity index is 1360. The number of nitrogens with zero attached hydrogens (tertiary/aromatic N) is 3. The maximum Gasteiger partial charge on any atom is 0.412 e. The van der Waals surface area contributed by atoms with E-state index in [0.29, 0.717) is 29.7 Å². The van der Waals surface area contributed by atoms with Gasteiger partial charge >= 0.3 is 11.7 Å². The van der Waals surface area contributed by atoms with Crippen LogP contribution >= 0.6 is 0 Å². The van der Waals surface area contributed by atoms with E-state index in [9.17, 15) is 14.4 Å². The molecule has 2 aromatic heterocycles. The van der Waals surface area contributed by atoms with Crippen LogP contribution in [0.2, 0.25) is 0 Å². The number of ether oxygens (including phenoxy) is 1. The zero-order valence-electron chi connectivity index (χ0n) is 23.3. The fourth-order valence-corrected chi connectivity index (χ4v) is 3.86. The van der Waals surface area contributed by atoms with Crippen LogP contribution in [0.3, 0.4) is 0 Å². The Hall–Kier alpha value is -3.95. The number of hydrogen-bond donors (Lipinski definition) is 2. The van der Waals surface area contributed by atoms with Crippen LogP contribution in [0, 0.1) is 12.3 Å². The molecule has 204 valence electrons. The first-order valence-corrected chi connectivity index (χ1v) is 12.5. The molecule has 10 heteroatoms. The van der Waals surface area contributed by atoms with Crippen LogP contribution in [0.1, 0.15) is 52.8 Å². The molecule has 0 aliphatic rings. The van der Waals surface area contributed by atoms with Crippen LogP contribution in [0.4, 0.5) is 16.5 Å². The van der Waals surface area contributed by atoms with E-state index in [1.165, 1.54) is 0 Å². The summed E-state index contributed by atoms with van der Waals surface area (Å²) >= 11 is 0. The van der Waals surface area contributed by atoms with Gasteiger partial charge < -0.3 is 19.4 Å². The molecule has 0 radical (unpaired) electrons. The molecular formula is C28H37N5O5. The van der Waals surface area contributed by atoms with Gasteiger partial charge in [0.15, 0.2) is 0 Å². The van der Waals surface area contributed by atoms with Gasteiger partial charge in [-0.05, 0) is 62.9 Å². The number of rotatable bonds is 7. The van der Waals surface area contributed by atoms with Crippen molar-refractivity contribution in [1.82, 2.24) is 14.9 Å². The minimum absolute atomic E-state index is 0.0545. The van der Waals surface area contributed by atoms with Gasteiger partial charge in [-0.3, -0.25) is 15.1 Å². The molecule has 0 spiro atoms. The third kappa shape index (κ3) is 7.30. The normalized spacial score (nSPS) is 12.6. The van der Waals surface area contributed by atoms with E-state index < -0.39 is 28.8 Å². The Kier molecular flexibility index (Phi) is 8.44. The number of carbonyl (C=O) groups excluding carboxylic acids is 2. The minimum Gasteiger partial charge on any atom is -0.444 e. The summed E-state index contributed by atoms with van der Waals surface area (Å²) in [5.41, 5.74) is 0.376. The molecule has 2 amide bonds. The Labute approximate surface area is 222 Å². The topological polar surface area (TPSA) is 127 Å². The molecule has 38 heavy (non-hydrogen) atoms. The van der Waals surface area contributed by atoms with Crippen molar-refractivity contribution in [2.75, 3.05) is 24.2 Å². The quantitative estimate of drug-likeness (QED) is 0.454. The van der Waals surface area contributed by atoms with Crippen molar-refractivity contribution in [3.05, 3.63) is 58.2 Å². The van der Waals surface area contributed by atoms with Crippen molar-refractivity contribution in [1.29, 1.82) is 0 Å². The van der Waals surface area contributed by atoms with E-state index in [1.54, 1.807) is 58.0 Å². The highest BCUT2D eigenvalue weighted by atomic mass is 16.6. The SMILES string of the molecule is Cc1c(NC(=O)OC(C)(C)C)ccc2nc(NC(C(=O)N(C)CCc3ccccn3)C(C)(C)C)oc(=O)c12. The zero-order valence-corrected chi connectivity index (χ0v) is 23.3. The Morgan fingerprint density at radius 3 is 2.42 bits per heavy atom. The molecule has 0 saturated carbocycles. The molecule has 0 fully saturated rings. The monoisotopic (exact) mass is 523 g/mol. The molecule has 1 atom stereocenters. The maximum absolute atomic E-state index is 13.4. The van der Waals surface area contributed by atoms with Crippen LogP contribution in [0.15, 0.2) is 45.7 Å². The number of anilines is 2. The second-order valence-corrected chi connectivity index (χ2v) is 11.3. The fourth-order valence-electron chi connectivity index (χ4n) is 3.86. The molecule has 1 unspecified atom stereocenters. The number of amides is 2. The predicted octanol–water partition coefficient (Wildman–Crippen LogP) is 4.77. The van der Waals surface area contributed by atoms with Gasteiger partial charge in [-0.25, -0.2) is 9.59 Å². The van der Waals surface area contributed by atoms with Crippen LogP contribution < -0.4 is 16.3 Å². The summed E-state index contributed by atoms with van der Waals surface area (Å²) in [5.74, 6) is -0.161. The second-order valence-electron chi connectivity index (χ2n) is 11.3. The lowest BCUT2D eigenvalue weighted by Crippen LogP contribution is -2.49. The number of hydrogen-bond acceptors (Lipinski definition) is 8. The number of nitrogens with one attached hydrogen (secondary N) is 2. The van der Waals surface area contributed by atoms with Gasteiger partial charge in [-0.15, -0.1) is 0 Å². The van der Waals surface area contributed by atoms with Crippen molar-refractivity contribution in [3.63, 3.8) is 0 Å². The van der Waals surface area contributed by atoms with Gasteiger partial charge in [0.05, 0.1) is 10.9 Å². The predicted molar refractivity (Wildman–Crippen MR) is 147 cm³/mol. The smallest absolute Gasteiger partial charge is 0.412 e. The van der Waals surface area contributed by atoms with Crippen LogP contribution in [0.25, 0.3) is 10.9 Å². The first-order valence-electron chi connectivity index (χ1n) is 12.5. The molecule has 3 aromatic rings. The fraction of sp³-hybridized carbons (Fsp3) is 0.464. The van der Waals surface area contributed by atoms with Crippen molar-refractivity contribution < 1.29 is 18.7 Å². The molecule has 0 aliphatic heterocycles. The average Bonchev–Trinajstić information content (AvgIpc) is 2.81. The number of aryl methyl sites for hydroxylation is 1. The van der Waals surface area contributed by atoms with Crippen LogP contribution in [0.5, 0.6) is 0 Å². The minimum atomic E-state index is -0.710. The van der Waals surface area contributed by atoms with Crippen molar-refractivity contribution in [2.45, 2.75) is 66.5 Å². The van der Waals surface area contributed by atoms with E-state index in [0.717, 1.165) is 5.69 Å². The molecule has 0 saturated heterocycles. The van der Waals surface area contributed by atoms with E-state index in [-0.39, 0.29) is 17.3 Å². The van der Waals surface area contributed by atoms with Gasteiger partial charge in [-0.1, -0.05) is 26.8 Å². The molecule has 2 N–H and O–H groups in total. The maximum atomic E-state index is 13.4. The molecule has 0 aliphatic carbocycles. The van der Waals surface area contributed by atoms with E-state index >= 15 is 0 Å². The molecule has 10 nitrogen and oxygen atoms in total. The second kappa shape index (κ2) is 11.2. The Balaban J connectivity index is 1.83.